The summed E-state index contributed by atoms with van der Waals surface area (Å²) < 4.78 is 19.9. The maximum Gasteiger partial charge on any atom is 0.129 e. The molecule has 0 bridgehead atoms. The maximum atomic E-state index is 8.57. The van der Waals surface area contributed by atoms with Crippen molar-refractivity contribution in [3.05, 3.63) is 24.2 Å². The van der Waals surface area contributed by atoms with Gasteiger partial charge in [-0.2, -0.15) is 0 Å². The molecule has 7 nitrogen and oxygen atoms in total. The lowest BCUT2D eigenvalue weighted by atomic mass is 10.1. The lowest BCUT2D eigenvalue weighted by Crippen LogP contribution is -2.22. The Morgan fingerprint density at radius 1 is 0.852 bits per heavy atom. The Labute approximate surface area is 162 Å². The minimum atomic E-state index is -0.00694. The van der Waals surface area contributed by atoms with Crippen molar-refractivity contribution in [1.29, 1.82) is 0 Å². The second-order valence-corrected chi connectivity index (χ2v) is 6.70. The van der Waals surface area contributed by atoms with Crippen LogP contribution in [0.2, 0.25) is 0 Å². The highest BCUT2D eigenvalue weighted by atomic mass is 16.5. The lowest BCUT2D eigenvalue weighted by Gasteiger charge is -2.20. The van der Waals surface area contributed by atoms with Gasteiger partial charge in [-0.25, -0.2) is 0 Å². The molecular formula is C20H36O7. The van der Waals surface area contributed by atoms with Crippen molar-refractivity contribution in [2.24, 2.45) is 0 Å². The lowest BCUT2D eigenvalue weighted by molar-refractivity contribution is -0.0375. The van der Waals surface area contributed by atoms with E-state index in [-0.39, 0.29) is 32.0 Å². The summed E-state index contributed by atoms with van der Waals surface area (Å²) in [6.45, 7) is 5.13. The number of hydrogen-bond donors (Lipinski definition) is 3. The molecule has 0 aliphatic carbocycles. The molecule has 158 valence electrons. The second kappa shape index (κ2) is 16.0. The molecule has 4 heterocycles. The average molecular weight is 389 g/mol. The molecule has 0 saturated carbocycles. The predicted octanol–water partition coefficient (Wildman–Crippen LogP) is 2.27. The topological polar surface area (TPSA) is 102 Å². The van der Waals surface area contributed by atoms with E-state index in [0.717, 1.165) is 45.5 Å². The van der Waals surface area contributed by atoms with Gasteiger partial charge in [0.25, 0.3) is 0 Å². The molecule has 3 fully saturated rings. The number of aliphatic hydroxyl groups excluding tert-OH is 3. The van der Waals surface area contributed by atoms with Gasteiger partial charge in [-0.15, -0.1) is 0 Å². The highest BCUT2D eigenvalue weighted by Gasteiger charge is 2.12. The first kappa shape index (κ1) is 24.1. The Morgan fingerprint density at radius 2 is 1.44 bits per heavy atom. The van der Waals surface area contributed by atoms with Crippen LogP contribution in [0, 0.1) is 0 Å². The van der Waals surface area contributed by atoms with Crippen LogP contribution in [0.3, 0.4) is 0 Å². The van der Waals surface area contributed by atoms with Crippen LogP contribution in [-0.2, 0) is 20.8 Å². The monoisotopic (exact) mass is 388 g/mol. The van der Waals surface area contributed by atoms with Gasteiger partial charge in [-0.05, 0) is 57.6 Å². The zero-order valence-corrected chi connectivity index (χ0v) is 16.4. The molecule has 0 radical (unpaired) electrons. The molecule has 0 aromatic carbocycles. The molecule has 0 spiro atoms. The van der Waals surface area contributed by atoms with E-state index in [4.69, 9.17) is 33.9 Å². The van der Waals surface area contributed by atoms with Crippen LogP contribution in [-0.4, -0.2) is 66.7 Å². The summed E-state index contributed by atoms with van der Waals surface area (Å²) in [6.07, 6.45) is 9.23. The summed E-state index contributed by atoms with van der Waals surface area (Å²) >= 11 is 0. The summed E-state index contributed by atoms with van der Waals surface area (Å²) in [5.41, 5.74) is 0. The minimum Gasteiger partial charge on any atom is -0.467 e. The third-order valence-electron chi connectivity index (χ3n) is 4.37. The average Bonchev–Trinajstić information content (AvgIpc) is 3.42. The Bertz CT molecular complexity index is 408. The SMILES string of the molecule is CC1CCO1.OCC1CCCCO1.OCC1CCCO1.OCc1ccco1. The first-order valence-corrected chi connectivity index (χ1v) is 9.89. The quantitative estimate of drug-likeness (QED) is 0.730. The van der Waals surface area contributed by atoms with Crippen LogP contribution in [0.25, 0.3) is 0 Å². The van der Waals surface area contributed by atoms with Gasteiger partial charge in [0.2, 0.25) is 0 Å². The van der Waals surface area contributed by atoms with E-state index >= 15 is 0 Å². The van der Waals surface area contributed by atoms with Crippen molar-refractivity contribution in [3.63, 3.8) is 0 Å². The van der Waals surface area contributed by atoms with E-state index in [2.05, 4.69) is 6.92 Å². The second-order valence-electron chi connectivity index (χ2n) is 6.70. The largest absolute Gasteiger partial charge is 0.467 e. The zero-order valence-electron chi connectivity index (χ0n) is 16.4. The summed E-state index contributed by atoms with van der Waals surface area (Å²) in [7, 11) is 0. The first-order valence-electron chi connectivity index (χ1n) is 9.89. The van der Waals surface area contributed by atoms with E-state index in [0.29, 0.717) is 11.9 Å². The van der Waals surface area contributed by atoms with Crippen LogP contribution in [0.4, 0.5) is 0 Å². The minimum absolute atomic E-state index is 0.00694. The third-order valence-corrected chi connectivity index (χ3v) is 4.37. The van der Waals surface area contributed by atoms with Crippen molar-refractivity contribution >= 4 is 0 Å². The van der Waals surface area contributed by atoms with Gasteiger partial charge in [-0.3, -0.25) is 0 Å². The van der Waals surface area contributed by atoms with E-state index in [1.165, 1.54) is 19.1 Å². The molecule has 0 amide bonds. The van der Waals surface area contributed by atoms with Gasteiger partial charge < -0.3 is 33.9 Å². The summed E-state index contributed by atoms with van der Waals surface area (Å²) in [4.78, 5) is 0. The van der Waals surface area contributed by atoms with Crippen LogP contribution in [0.5, 0.6) is 0 Å². The van der Waals surface area contributed by atoms with E-state index in [1.54, 1.807) is 12.1 Å². The van der Waals surface area contributed by atoms with Crippen molar-refractivity contribution < 1.29 is 33.9 Å². The number of hydrogen-bond acceptors (Lipinski definition) is 7. The van der Waals surface area contributed by atoms with Crippen molar-refractivity contribution in [1.82, 2.24) is 0 Å². The van der Waals surface area contributed by atoms with Crippen LogP contribution in [0.1, 0.15) is 51.2 Å². The Balaban J connectivity index is 0.000000182. The molecule has 7 heteroatoms. The molecule has 27 heavy (non-hydrogen) atoms. The fourth-order valence-electron chi connectivity index (χ4n) is 2.50. The Hall–Kier alpha value is -0.960. The number of rotatable bonds is 3. The normalized spacial score (nSPS) is 26.3. The molecule has 3 saturated heterocycles. The maximum absolute atomic E-state index is 8.57. The van der Waals surface area contributed by atoms with Crippen LogP contribution >= 0.6 is 0 Å². The van der Waals surface area contributed by atoms with Gasteiger partial charge >= 0.3 is 0 Å². The van der Waals surface area contributed by atoms with Gasteiger partial charge in [0.05, 0.1) is 37.8 Å². The van der Waals surface area contributed by atoms with Crippen LogP contribution < -0.4 is 0 Å². The molecule has 3 aliphatic rings. The Kier molecular flexibility index (Phi) is 14.3. The Morgan fingerprint density at radius 3 is 1.70 bits per heavy atom. The van der Waals surface area contributed by atoms with Gasteiger partial charge in [0.1, 0.15) is 12.4 Å². The van der Waals surface area contributed by atoms with E-state index in [1.807, 2.05) is 0 Å². The van der Waals surface area contributed by atoms with E-state index in [9.17, 15) is 0 Å². The van der Waals surface area contributed by atoms with Crippen molar-refractivity contribution in [3.8, 4) is 0 Å². The van der Waals surface area contributed by atoms with Gasteiger partial charge in [0.15, 0.2) is 0 Å². The molecule has 3 N–H and O–H groups in total. The number of furan rings is 1. The molecular weight excluding hydrogens is 352 g/mol. The molecule has 1 aromatic heterocycles. The fraction of sp³-hybridized carbons (Fsp3) is 0.800. The number of aliphatic hydroxyl groups is 3. The molecule has 4 rings (SSSR count). The molecule has 1 aromatic rings. The van der Waals surface area contributed by atoms with E-state index < -0.39 is 0 Å². The molecule has 3 aliphatic heterocycles. The highest BCUT2D eigenvalue weighted by molar-refractivity contribution is 4.95. The van der Waals surface area contributed by atoms with Crippen LogP contribution in [0.15, 0.2) is 22.8 Å². The first-order chi connectivity index (χ1) is 13.2. The molecule has 3 atom stereocenters. The van der Waals surface area contributed by atoms with Crippen molar-refractivity contribution in [2.75, 3.05) is 33.0 Å². The standard InChI is InChI=1S/C6H12O2.C5H10O2.C5H6O2.C4H8O/c7-5-6-3-1-2-4-8-6;2*6-4-5-2-1-3-7-5;1-4-2-3-5-4/h6-7H,1-5H2;5-6H,1-4H2;1-3,6H,4H2;4H,2-3H2,1H3. The fourth-order valence-corrected chi connectivity index (χ4v) is 2.50. The summed E-state index contributed by atoms with van der Waals surface area (Å²) in [6, 6.07) is 3.46. The highest BCUT2D eigenvalue weighted by Crippen LogP contribution is 2.11. The van der Waals surface area contributed by atoms with Crippen molar-refractivity contribution in [2.45, 2.75) is 70.4 Å². The predicted molar refractivity (Wildman–Crippen MR) is 101 cm³/mol. The third kappa shape index (κ3) is 12.2. The zero-order chi connectivity index (χ0) is 19.7. The smallest absolute Gasteiger partial charge is 0.129 e. The summed E-state index contributed by atoms with van der Waals surface area (Å²) in [5, 5.41) is 25.3. The summed E-state index contributed by atoms with van der Waals surface area (Å²) in [5.74, 6) is 0.611. The van der Waals surface area contributed by atoms with Gasteiger partial charge in [0, 0.05) is 19.8 Å². The number of ether oxygens (including phenoxy) is 3. The van der Waals surface area contributed by atoms with Gasteiger partial charge in [-0.1, -0.05) is 0 Å². The molecule has 3 unspecified atom stereocenters.